The van der Waals surface area contributed by atoms with Gasteiger partial charge in [0, 0.05) is 4.43 Å². The molecule has 0 saturated carbocycles. The second-order valence-corrected chi connectivity index (χ2v) is 8.16. The lowest BCUT2D eigenvalue weighted by Crippen LogP contribution is -2.46. The van der Waals surface area contributed by atoms with Crippen molar-refractivity contribution in [1.29, 1.82) is 0 Å². The molecule has 0 unspecified atom stereocenters. The number of alkyl carbamates (subject to hydrolysis) is 1. The standard InChI is InChI=1S/C23H26INO6/c1-16(2)21(25-23(28)30-15-18-6-4-3-5-7-18)22(27)31-19-10-8-17(9-11-19)14-20(26)29-13-12-24/h3-11,16,21H,12-15H2,1-2H3,(H,25,28)/t21-/m0/s1. The minimum Gasteiger partial charge on any atom is -0.465 e. The zero-order chi connectivity index (χ0) is 22.6. The van der Waals surface area contributed by atoms with Gasteiger partial charge in [-0.15, -0.1) is 0 Å². The number of amides is 1. The van der Waals surface area contributed by atoms with E-state index in [4.69, 9.17) is 14.2 Å². The molecule has 1 amide bonds. The van der Waals surface area contributed by atoms with Crippen molar-refractivity contribution in [2.45, 2.75) is 32.9 Å². The summed E-state index contributed by atoms with van der Waals surface area (Å²) in [6.45, 7) is 4.09. The highest BCUT2D eigenvalue weighted by Gasteiger charge is 2.27. The van der Waals surface area contributed by atoms with Gasteiger partial charge in [0.2, 0.25) is 0 Å². The summed E-state index contributed by atoms with van der Waals surface area (Å²) in [7, 11) is 0. The molecule has 0 aromatic heterocycles. The first-order valence-corrected chi connectivity index (χ1v) is 11.4. The van der Waals surface area contributed by atoms with Crippen LogP contribution in [0, 0.1) is 5.92 Å². The van der Waals surface area contributed by atoms with Crippen LogP contribution in [0.3, 0.4) is 0 Å². The molecule has 1 atom stereocenters. The molecule has 0 aliphatic rings. The highest BCUT2D eigenvalue weighted by Crippen LogP contribution is 2.15. The Hall–Kier alpha value is -2.62. The van der Waals surface area contributed by atoms with Crippen molar-refractivity contribution in [3.63, 3.8) is 0 Å². The normalized spacial score (nSPS) is 11.5. The molecule has 2 rings (SSSR count). The summed E-state index contributed by atoms with van der Waals surface area (Å²) in [6.07, 6.45) is -0.547. The molecule has 0 aliphatic heterocycles. The van der Waals surface area contributed by atoms with E-state index in [1.807, 2.05) is 30.3 Å². The average molecular weight is 539 g/mol. The van der Waals surface area contributed by atoms with Crippen molar-refractivity contribution in [2.24, 2.45) is 5.92 Å². The van der Waals surface area contributed by atoms with Gasteiger partial charge >= 0.3 is 18.0 Å². The highest BCUT2D eigenvalue weighted by atomic mass is 127. The molecule has 8 heteroatoms. The monoisotopic (exact) mass is 539 g/mol. The minimum atomic E-state index is -0.869. The van der Waals surface area contributed by atoms with Gasteiger partial charge in [-0.05, 0) is 29.2 Å². The van der Waals surface area contributed by atoms with Crippen LogP contribution < -0.4 is 10.1 Å². The van der Waals surface area contributed by atoms with Crippen molar-refractivity contribution in [3.8, 4) is 5.75 Å². The van der Waals surface area contributed by atoms with Gasteiger partial charge in [-0.2, -0.15) is 0 Å². The third-order valence-corrected chi connectivity index (χ3v) is 4.68. The third-order valence-electron chi connectivity index (χ3n) is 4.24. The van der Waals surface area contributed by atoms with E-state index in [1.54, 1.807) is 38.1 Å². The van der Waals surface area contributed by atoms with Crippen LogP contribution in [0.5, 0.6) is 5.75 Å². The molecule has 0 fully saturated rings. The lowest BCUT2D eigenvalue weighted by atomic mass is 10.1. The first-order valence-electron chi connectivity index (χ1n) is 9.88. The van der Waals surface area contributed by atoms with Crippen molar-refractivity contribution < 1.29 is 28.6 Å². The van der Waals surface area contributed by atoms with Crippen LogP contribution in [0.2, 0.25) is 0 Å². The third kappa shape index (κ3) is 8.95. The second-order valence-electron chi connectivity index (χ2n) is 7.08. The molecular weight excluding hydrogens is 513 g/mol. The Labute approximate surface area is 195 Å². The second kappa shape index (κ2) is 12.9. The van der Waals surface area contributed by atoms with Gasteiger partial charge in [0.25, 0.3) is 0 Å². The summed E-state index contributed by atoms with van der Waals surface area (Å²) in [5.74, 6) is -0.788. The Kier molecular flexibility index (Phi) is 10.3. The molecule has 7 nitrogen and oxygen atoms in total. The quantitative estimate of drug-likeness (QED) is 0.212. The zero-order valence-electron chi connectivity index (χ0n) is 17.5. The Morgan fingerprint density at radius 2 is 1.61 bits per heavy atom. The van der Waals surface area contributed by atoms with E-state index in [1.165, 1.54) is 0 Å². The predicted octanol–water partition coefficient (Wildman–Crippen LogP) is 4.06. The summed E-state index contributed by atoms with van der Waals surface area (Å²) in [6, 6.07) is 15.0. The molecule has 31 heavy (non-hydrogen) atoms. The van der Waals surface area contributed by atoms with Crippen LogP contribution in [0.4, 0.5) is 4.79 Å². The number of rotatable bonds is 10. The Morgan fingerprint density at radius 1 is 0.935 bits per heavy atom. The van der Waals surface area contributed by atoms with E-state index in [2.05, 4.69) is 27.9 Å². The van der Waals surface area contributed by atoms with Crippen LogP contribution in [0.25, 0.3) is 0 Å². The van der Waals surface area contributed by atoms with Crippen LogP contribution in [0.15, 0.2) is 54.6 Å². The minimum absolute atomic E-state index is 0.105. The van der Waals surface area contributed by atoms with E-state index < -0.39 is 18.1 Å². The van der Waals surface area contributed by atoms with Gasteiger partial charge in [0.05, 0.1) is 6.42 Å². The number of ether oxygens (including phenoxy) is 3. The number of alkyl halides is 1. The SMILES string of the molecule is CC(C)[C@H](NC(=O)OCc1ccccc1)C(=O)Oc1ccc(CC(=O)OCCI)cc1. The number of esters is 2. The fourth-order valence-corrected chi connectivity index (χ4v) is 2.83. The molecule has 0 aliphatic carbocycles. The van der Waals surface area contributed by atoms with Gasteiger partial charge in [-0.1, -0.05) is 78.9 Å². The highest BCUT2D eigenvalue weighted by molar-refractivity contribution is 14.1. The van der Waals surface area contributed by atoms with Crippen molar-refractivity contribution >= 4 is 40.6 Å². The van der Waals surface area contributed by atoms with Gasteiger partial charge in [-0.3, -0.25) is 4.79 Å². The number of hydrogen-bond donors (Lipinski definition) is 1. The fourth-order valence-electron chi connectivity index (χ4n) is 2.61. The molecule has 166 valence electrons. The Morgan fingerprint density at radius 3 is 2.23 bits per heavy atom. The summed E-state index contributed by atoms with van der Waals surface area (Å²) in [5.41, 5.74) is 1.60. The maximum atomic E-state index is 12.6. The first kappa shape index (κ1) is 24.6. The van der Waals surface area contributed by atoms with Crippen molar-refractivity contribution in [3.05, 3.63) is 65.7 Å². The van der Waals surface area contributed by atoms with E-state index >= 15 is 0 Å². The van der Waals surface area contributed by atoms with Gasteiger partial charge in [0.1, 0.15) is 25.0 Å². The number of benzene rings is 2. The van der Waals surface area contributed by atoms with Crippen molar-refractivity contribution in [1.82, 2.24) is 5.32 Å². The van der Waals surface area contributed by atoms with E-state index in [-0.39, 0.29) is 24.9 Å². The molecule has 0 saturated heterocycles. The fraction of sp³-hybridized carbons (Fsp3) is 0.348. The predicted molar refractivity (Wildman–Crippen MR) is 124 cm³/mol. The summed E-state index contributed by atoms with van der Waals surface area (Å²) >= 11 is 2.13. The van der Waals surface area contributed by atoms with Crippen LogP contribution in [-0.4, -0.2) is 35.1 Å². The smallest absolute Gasteiger partial charge is 0.408 e. The van der Waals surface area contributed by atoms with Crippen LogP contribution in [-0.2, 0) is 32.1 Å². The molecule has 0 radical (unpaired) electrons. The number of hydrogen-bond acceptors (Lipinski definition) is 6. The lowest BCUT2D eigenvalue weighted by molar-refractivity contribution is -0.142. The summed E-state index contributed by atoms with van der Waals surface area (Å²) < 4.78 is 16.4. The number of nitrogens with one attached hydrogen (secondary N) is 1. The molecular formula is C23H26INO6. The van der Waals surface area contributed by atoms with E-state index in [9.17, 15) is 14.4 Å². The molecule has 2 aromatic carbocycles. The Bertz CT molecular complexity index is 854. The van der Waals surface area contributed by atoms with E-state index in [0.29, 0.717) is 12.4 Å². The lowest BCUT2D eigenvalue weighted by Gasteiger charge is -2.20. The summed E-state index contributed by atoms with van der Waals surface area (Å²) in [4.78, 5) is 36.4. The van der Waals surface area contributed by atoms with Gasteiger partial charge in [-0.25, -0.2) is 9.59 Å². The van der Waals surface area contributed by atoms with Gasteiger partial charge < -0.3 is 19.5 Å². The van der Waals surface area contributed by atoms with Gasteiger partial charge in [0.15, 0.2) is 0 Å². The summed E-state index contributed by atoms with van der Waals surface area (Å²) in [5, 5.41) is 2.57. The maximum absolute atomic E-state index is 12.6. The molecule has 1 N–H and O–H groups in total. The van der Waals surface area contributed by atoms with Crippen LogP contribution in [0.1, 0.15) is 25.0 Å². The number of halogens is 1. The van der Waals surface area contributed by atoms with Crippen LogP contribution >= 0.6 is 22.6 Å². The topological polar surface area (TPSA) is 90.9 Å². The molecule has 0 heterocycles. The first-order chi connectivity index (χ1) is 14.9. The largest absolute Gasteiger partial charge is 0.465 e. The Balaban J connectivity index is 1.88. The molecule has 2 aromatic rings. The maximum Gasteiger partial charge on any atom is 0.408 e. The van der Waals surface area contributed by atoms with Crippen molar-refractivity contribution in [2.75, 3.05) is 11.0 Å². The van der Waals surface area contributed by atoms with E-state index in [0.717, 1.165) is 15.6 Å². The molecule has 0 spiro atoms. The zero-order valence-corrected chi connectivity index (χ0v) is 19.7. The molecule has 0 bridgehead atoms. The number of carbonyl (C=O) groups is 3. The number of carbonyl (C=O) groups excluding carboxylic acids is 3. The average Bonchev–Trinajstić information content (AvgIpc) is 2.76.